The van der Waals surface area contributed by atoms with Crippen molar-refractivity contribution in [2.75, 3.05) is 11.5 Å². The third-order valence-electron chi connectivity index (χ3n) is 2.52. The number of aromatic carboxylic acids is 1. The second-order valence-corrected chi connectivity index (χ2v) is 5.96. The van der Waals surface area contributed by atoms with Crippen LogP contribution in [0.5, 0.6) is 0 Å². The number of carboxylic acids is 1. The maximum atomic E-state index is 10.7. The molecular weight excluding hydrogens is 418 g/mol. The number of nitrogens with two attached hydrogens (primary N) is 3. The Bertz CT molecular complexity index is 659. The third kappa shape index (κ3) is 5.05. The molecule has 0 aliphatic heterocycles. The van der Waals surface area contributed by atoms with Crippen molar-refractivity contribution in [3.8, 4) is 0 Å². The number of hydrogen-bond acceptors (Lipinski definition) is 4. The molecule has 0 heterocycles. The van der Waals surface area contributed by atoms with Crippen molar-refractivity contribution in [1.29, 1.82) is 0 Å². The van der Waals surface area contributed by atoms with Gasteiger partial charge in [-0.1, -0.05) is 31.9 Å². The van der Waals surface area contributed by atoms with E-state index in [2.05, 4.69) is 31.9 Å². The van der Waals surface area contributed by atoms with Crippen LogP contribution < -0.4 is 17.2 Å². The van der Waals surface area contributed by atoms with Crippen LogP contribution in [-0.4, -0.2) is 17.0 Å². The molecule has 1 amide bonds. The second kappa shape index (κ2) is 7.81. The molecule has 8 heteroatoms. The number of carboxylic acid groups (broad SMARTS) is 1. The Labute approximate surface area is 143 Å². The number of carbonyl (C=O) groups excluding carboxylic acids is 1. The molecule has 0 spiro atoms. The van der Waals surface area contributed by atoms with Crippen LogP contribution in [0.4, 0.5) is 11.4 Å². The van der Waals surface area contributed by atoms with Crippen LogP contribution in [0.15, 0.2) is 45.3 Å². The van der Waals surface area contributed by atoms with Crippen LogP contribution in [0, 0.1) is 0 Å². The SMILES string of the molecule is NC(=O)c1ccc(Br)cc1N.Nc1cc(Br)ccc1C(=O)O. The van der Waals surface area contributed by atoms with E-state index in [4.69, 9.17) is 22.3 Å². The predicted octanol–water partition coefficient (Wildman–Crippen LogP) is 2.86. The summed E-state index contributed by atoms with van der Waals surface area (Å²) in [6.45, 7) is 0. The highest BCUT2D eigenvalue weighted by Crippen LogP contribution is 2.18. The zero-order chi connectivity index (χ0) is 16.9. The van der Waals surface area contributed by atoms with E-state index in [1.165, 1.54) is 6.07 Å². The standard InChI is InChI=1S/C7H7BrN2O.C7H6BrNO2/c2*8-4-1-2-5(7(10)11)6(9)3-4/h1-3H,9H2,(H2,10,11);1-3H,9H2,(H,10,11). The predicted molar refractivity (Wildman–Crippen MR) is 92.6 cm³/mol. The maximum Gasteiger partial charge on any atom is 0.337 e. The van der Waals surface area contributed by atoms with E-state index in [9.17, 15) is 9.59 Å². The Morgan fingerprint density at radius 1 is 0.864 bits per heavy atom. The van der Waals surface area contributed by atoms with Gasteiger partial charge in [0, 0.05) is 20.3 Å². The lowest BCUT2D eigenvalue weighted by Gasteiger charge is -2.00. The van der Waals surface area contributed by atoms with Crippen molar-refractivity contribution in [3.63, 3.8) is 0 Å². The molecule has 6 nitrogen and oxygen atoms in total. The van der Waals surface area contributed by atoms with Crippen molar-refractivity contribution in [1.82, 2.24) is 0 Å². The molecule has 7 N–H and O–H groups in total. The summed E-state index contributed by atoms with van der Waals surface area (Å²) in [6, 6.07) is 9.60. The first-order valence-electron chi connectivity index (χ1n) is 5.85. The van der Waals surface area contributed by atoms with E-state index in [1.807, 2.05) is 0 Å². The molecule has 0 saturated heterocycles. The zero-order valence-electron chi connectivity index (χ0n) is 11.2. The Hall–Kier alpha value is -2.06. The molecule has 0 aromatic heterocycles. The second-order valence-electron chi connectivity index (χ2n) is 4.13. The van der Waals surface area contributed by atoms with Crippen LogP contribution >= 0.6 is 31.9 Å². The molecule has 0 aliphatic carbocycles. The highest BCUT2D eigenvalue weighted by molar-refractivity contribution is 9.10. The summed E-state index contributed by atoms with van der Waals surface area (Å²) in [7, 11) is 0. The minimum absolute atomic E-state index is 0.133. The van der Waals surface area contributed by atoms with Crippen molar-refractivity contribution < 1.29 is 14.7 Å². The molecule has 0 unspecified atom stereocenters. The minimum atomic E-state index is -1.00. The van der Waals surface area contributed by atoms with Crippen LogP contribution in [0.2, 0.25) is 0 Å². The molecule has 0 atom stereocenters. The fourth-order valence-electron chi connectivity index (χ4n) is 1.49. The average molecular weight is 431 g/mol. The molecule has 2 aromatic rings. The summed E-state index contributed by atoms with van der Waals surface area (Å²) in [4.78, 5) is 21.1. The first kappa shape index (κ1) is 18.0. The number of halogens is 2. The highest BCUT2D eigenvalue weighted by Gasteiger charge is 2.06. The number of nitrogen functional groups attached to an aromatic ring is 2. The first-order valence-corrected chi connectivity index (χ1v) is 7.44. The molecule has 22 heavy (non-hydrogen) atoms. The largest absolute Gasteiger partial charge is 0.478 e. The van der Waals surface area contributed by atoms with Gasteiger partial charge in [-0.3, -0.25) is 4.79 Å². The molecule has 0 saturated carbocycles. The molecule has 116 valence electrons. The fourth-order valence-corrected chi connectivity index (χ4v) is 2.24. The van der Waals surface area contributed by atoms with Gasteiger partial charge in [-0.25, -0.2) is 4.79 Å². The smallest absolute Gasteiger partial charge is 0.337 e. The van der Waals surface area contributed by atoms with Crippen molar-refractivity contribution in [2.24, 2.45) is 5.73 Å². The maximum absolute atomic E-state index is 10.7. The van der Waals surface area contributed by atoms with E-state index in [-0.39, 0.29) is 11.3 Å². The van der Waals surface area contributed by atoms with Crippen LogP contribution in [-0.2, 0) is 0 Å². The van der Waals surface area contributed by atoms with Gasteiger partial charge in [0.25, 0.3) is 5.91 Å². The zero-order valence-corrected chi connectivity index (χ0v) is 14.4. The number of benzene rings is 2. The van der Waals surface area contributed by atoms with Crippen LogP contribution in [0.3, 0.4) is 0 Å². The van der Waals surface area contributed by atoms with E-state index >= 15 is 0 Å². The molecule has 0 radical (unpaired) electrons. The quantitative estimate of drug-likeness (QED) is 0.543. The molecule has 0 aliphatic rings. The number of carbonyl (C=O) groups is 2. The van der Waals surface area contributed by atoms with E-state index in [1.54, 1.807) is 30.3 Å². The molecule has 2 rings (SSSR count). The van der Waals surface area contributed by atoms with Gasteiger partial charge < -0.3 is 22.3 Å². The van der Waals surface area contributed by atoms with E-state index in [0.29, 0.717) is 11.3 Å². The van der Waals surface area contributed by atoms with Crippen LogP contribution in [0.1, 0.15) is 20.7 Å². The molecular formula is C14H13Br2N3O3. The molecule has 0 bridgehead atoms. The topological polar surface area (TPSA) is 132 Å². The van der Waals surface area contributed by atoms with Gasteiger partial charge in [0.1, 0.15) is 0 Å². The fraction of sp³-hybridized carbons (Fsp3) is 0. The number of anilines is 2. The Morgan fingerprint density at radius 2 is 1.27 bits per heavy atom. The summed E-state index contributed by atoms with van der Waals surface area (Å²) in [5.74, 6) is -1.51. The Kier molecular flexibility index (Phi) is 6.39. The van der Waals surface area contributed by atoms with Gasteiger partial charge >= 0.3 is 5.97 Å². The van der Waals surface area contributed by atoms with Gasteiger partial charge in [-0.05, 0) is 36.4 Å². The average Bonchev–Trinajstić information content (AvgIpc) is 2.38. The summed E-state index contributed by atoms with van der Waals surface area (Å²) in [5, 5.41) is 8.56. The van der Waals surface area contributed by atoms with Gasteiger partial charge in [0.15, 0.2) is 0 Å². The molecule has 0 fully saturated rings. The van der Waals surface area contributed by atoms with Gasteiger partial charge in [-0.2, -0.15) is 0 Å². The Morgan fingerprint density at radius 3 is 1.59 bits per heavy atom. The van der Waals surface area contributed by atoms with Crippen LogP contribution in [0.25, 0.3) is 0 Å². The summed E-state index contributed by atoms with van der Waals surface area (Å²) < 4.78 is 1.61. The normalized spacial score (nSPS) is 9.55. The lowest BCUT2D eigenvalue weighted by molar-refractivity contribution is 0.0697. The monoisotopic (exact) mass is 429 g/mol. The minimum Gasteiger partial charge on any atom is -0.478 e. The van der Waals surface area contributed by atoms with Gasteiger partial charge in [-0.15, -0.1) is 0 Å². The number of amides is 1. The van der Waals surface area contributed by atoms with Gasteiger partial charge in [0.05, 0.1) is 11.1 Å². The van der Waals surface area contributed by atoms with Crippen molar-refractivity contribution >= 4 is 55.1 Å². The highest BCUT2D eigenvalue weighted by atomic mass is 79.9. The van der Waals surface area contributed by atoms with Crippen molar-refractivity contribution in [3.05, 3.63) is 56.5 Å². The number of hydrogen-bond donors (Lipinski definition) is 4. The summed E-state index contributed by atoms with van der Waals surface area (Å²) in [5.41, 5.74) is 17.1. The summed E-state index contributed by atoms with van der Waals surface area (Å²) in [6.07, 6.45) is 0. The third-order valence-corrected chi connectivity index (χ3v) is 3.51. The lowest BCUT2D eigenvalue weighted by Crippen LogP contribution is -2.13. The summed E-state index contributed by atoms with van der Waals surface area (Å²) >= 11 is 6.39. The molecule has 2 aromatic carbocycles. The van der Waals surface area contributed by atoms with E-state index < -0.39 is 11.9 Å². The first-order chi connectivity index (χ1) is 10.2. The number of rotatable bonds is 2. The lowest BCUT2D eigenvalue weighted by atomic mass is 10.2. The van der Waals surface area contributed by atoms with Crippen molar-refractivity contribution in [2.45, 2.75) is 0 Å². The van der Waals surface area contributed by atoms with E-state index in [0.717, 1.165) is 8.95 Å². The Balaban J connectivity index is 0.000000220. The number of primary amides is 1. The van der Waals surface area contributed by atoms with Gasteiger partial charge in [0.2, 0.25) is 0 Å².